The Morgan fingerprint density at radius 1 is 0.871 bits per heavy atom. The molecular weight excluding hydrogens is 402 g/mol. The Bertz CT molecular complexity index is 863. The topological polar surface area (TPSA) is 106 Å². The molecule has 1 aromatic heterocycles. The molecule has 0 atom stereocenters. The molecule has 166 valence electrons. The first-order chi connectivity index (χ1) is 15.3. The predicted octanol–water partition coefficient (Wildman–Crippen LogP) is 1.01. The first-order valence-corrected chi connectivity index (χ1v) is 10.2. The summed E-state index contributed by atoms with van der Waals surface area (Å²) in [6.45, 7) is 5.55. The molecule has 4 rings (SSSR count). The van der Waals surface area contributed by atoms with Crippen LogP contribution in [0.25, 0.3) is 0 Å². The average molecular weight is 429 g/mol. The second-order valence-electron chi connectivity index (χ2n) is 6.94. The second-order valence-corrected chi connectivity index (χ2v) is 6.94. The molecule has 2 aliphatic heterocycles. The maximum absolute atomic E-state index is 5.45. The number of anilines is 3. The third kappa shape index (κ3) is 5.30. The molecule has 0 amide bonds. The zero-order valence-electron chi connectivity index (χ0n) is 17.8. The van der Waals surface area contributed by atoms with Gasteiger partial charge in [0.1, 0.15) is 0 Å². The van der Waals surface area contributed by atoms with E-state index < -0.39 is 0 Å². The molecular formula is C20H27N7O4. The Hall–Kier alpha value is -3.18. The summed E-state index contributed by atoms with van der Waals surface area (Å²) in [5, 5.41) is 4.30. The van der Waals surface area contributed by atoms with Crippen molar-refractivity contribution in [2.24, 2.45) is 5.10 Å². The molecule has 2 saturated heterocycles. The van der Waals surface area contributed by atoms with E-state index in [1.165, 1.54) is 0 Å². The number of rotatable bonds is 7. The summed E-state index contributed by atoms with van der Waals surface area (Å²) in [5.74, 6) is 2.91. The van der Waals surface area contributed by atoms with Crippen LogP contribution in [0.3, 0.4) is 0 Å². The van der Waals surface area contributed by atoms with E-state index in [2.05, 4.69) is 35.3 Å². The van der Waals surface area contributed by atoms with Gasteiger partial charge in [0.2, 0.25) is 17.8 Å². The molecule has 0 aliphatic carbocycles. The highest BCUT2D eigenvalue weighted by molar-refractivity contribution is 5.81. The van der Waals surface area contributed by atoms with E-state index in [0.717, 1.165) is 31.7 Å². The molecule has 1 aromatic carbocycles. The van der Waals surface area contributed by atoms with E-state index in [9.17, 15) is 0 Å². The van der Waals surface area contributed by atoms with Crippen LogP contribution in [0.1, 0.15) is 5.56 Å². The molecule has 2 fully saturated rings. The Morgan fingerprint density at radius 2 is 1.45 bits per heavy atom. The molecule has 0 bridgehead atoms. The van der Waals surface area contributed by atoms with Crippen LogP contribution in [0, 0.1) is 0 Å². The Balaban J connectivity index is 1.54. The van der Waals surface area contributed by atoms with Gasteiger partial charge in [0.25, 0.3) is 0 Å². The van der Waals surface area contributed by atoms with Gasteiger partial charge in [-0.25, -0.2) is 5.43 Å². The highest BCUT2D eigenvalue weighted by Gasteiger charge is 2.20. The van der Waals surface area contributed by atoms with E-state index in [-0.39, 0.29) is 0 Å². The molecule has 2 aromatic rings. The fraction of sp³-hybridized carbons (Fsp3) is 0.500. The van der Waals surface area contributed by atoms with Crippen molar-refractivity contribution in [3.8, 4) is 11.5 Å². The van der Waals surface area contributed by atoms with Gasteiger partial charge in [-0.3, -0.25) is 0 Å². The molecule has 0 radical (unpaired) electrons. The van der Waals surface area contributed by atoms with Crippen molar-refractivity contribution >= 4 is 24.1 Å². The smallest absolute Gasteiger partial charge is 0.250 e. The van der Waals surface area contributed by atoms with Gasteiger partial charge in [0.15, 0.2) is 11.5 Å². The van der Waals surface area contributed by atoms with Crippen molar-refractivity contribution in [2.75, 3.05) is 82.1 Å². The number of morpholine rings is 2. The molecule has 1 N–H and O–H groups in total. The molecule has 31 heavy (non-hydrogen) atoms. The fourth-order valence-corrected chi connectivity index (χ4v) is 3.31. The van der Waals surface area contributed by atoms with Gasteiger partial charge in [-0.1, -0.05) is 0 Å². The Labute approximate surface area is 181 Å². The van der Waals surface area contributed by atoms with Crippen LogP contribution in [-0.4, -0.2) is 88.0 Å². The lowest BCUT2D eigenvalue weighted by Crippen LogP contribution is -2.40. The lowest BCUT2D eigenvalue weighted by atomic mass is 10.2. The minimum atomic E-state index is 0.384. The van der Waals surface area contributed by atoms with Crippen molar-refractivity contribution in [3.05, 3.63) is 23.8 Å². The van der Waals surface area contributed by atoms with Crippen molar-refractivity contribution in [1.29, 1.82) is 0 Å². The predicted molar refractivity (Wildman–Crippen MR) is 117 cm³/mol. The lowest BCUT2D eigenvalue weighted by Gasteiger charge is -2.30. The van der Waals surface area contributed by atoms with E-state index in [0.29, 0.717) is 55.8 Å². The zero-order chi connectivity index (χ0) is 21.5. The van der Waals surface area contributed by atoms with E-state index in [4.69, 9.17) is 18.9 Å². The molecule has 0 spiro atoms. The van der Waals surface area contributed by atoms with Gasteiger partial charge in [0, 0.05) is 26.2 Å². The zero-order valence-corrected chi connectivity index (χ0v) is 17.8. The number of benzene rings is 1. The van der Waals surface area contributed by atoms with Gasteiger partial charge in [-0.2, -0.15) is 20.1 Å². The molecule has 2 aliphatic rings. The largest absolute Gasteiger partial charge is 0.493 e. The summed E-state index contributed by atoms with van der Waals surface area (Å²) < 4.78 is 21.5. The van der Waals surface area contributed by atoms with Crippen LogP contribution in [-0.2, 0) is 9.47 Å². The van der Waals surface area contributed by atoms with Gasteiger partial charge in [-0.05, 0) is 23.8 Å². The second kappa shape index (κ2) is 10.2. The van der Waals surface area contributed by atoms with Crippen molar-refractivity contribution in [1.82, 2.24) is 15.0 Å². The van der Waals surface area contributed by atoms with Crippen LogP contribution < -0.4 is 24.7 Å². The number of methoxy groups -OCH3 is 2. The lowest BCUT2D eigenvalue weighted by molar-refractivity contribution is 0.121. The molecule has 0 saturated carbocycles. The van der Waals surface area contributed by atoms with E-state index in [1.807, 2.05) is 18.2 Å². The van der Waals surface area contributed by atoms with Crippen molar-refractivity contribution in [2.45, 2.75) is 0 Å². The maximum atomic E-state index is 5.45. The van der Waals surface area contributed by atoms with Gasteiger partial charge < -0.3 is 28.7 Å². The number of ether oxygens (including phenoxy) is 4. The van der Waals surface area contributed by atoms with Gasteiger partial charge in [0.05, 0.1) is 46.9 Å². The number of aromatic nitrogens is 3. The van der Waals surface area contributed by atoms with Crippen LogP contribution in [0.5, 0.6) is 11.5 Å². The fourth-order valence-electron chi connectivity index (χ4n) is 3.31. The van der Waals surface area contributed by atoms with E-state index in [1.54, 1.807) is 20.4 Å². The maximum Gasteiger partial charge on any atom is 0.250 e. The summed E-state index contributed by atoms with van der Waals surface area (Å²) >= 11 is 0. The third-order valence-electron chi connectivity index (χ3n) is 4.99. The standard InChI is InChI=1S/C20H27N7O4/c1-28-16-4-3-15(13-17(16)29-2)14-21-25-18-22-19(26-5-9-30-10-6-26)24-20(23-18)27-7-11-31-12-8-27/h3-4,13-14H,5-12H2,1-2H3,(H,22,23,24,25). The summed E-state index contributed by atoms with van der Waals surface area (Å²) in [6.07, 6.45) is 1.68. The normalized spacial score (nSPS) is 17.1. The van der Waals surface area contributed by atoms with Crippen molar-refractivity contribution in [3.63, 3.8) is 0 Å². The average Bonchev–Trinajstić information content (AvgIpc) is 2.85. The number of nitrogens with zero attached hydrogens (tertiary/aromatic N) is 6. The third-order valence-corrected chi connectivity index (χ3v) is 4.99. The minimum absolute atomic E-state index is 0.384. The van der Waals surface area contributed by atoms with Crippen LogP contribution in [0.15, 0.2) is 23.3 Å². The van der Waals surface area contributed by atoms with Crippen LogP contribution in [0.4, 0.5) is 17.8 Å². The van der Waals surface area contributed by atoms with E-state index >= 15 is 0 Å². The summed E-state index contributed by atoms with van der Waals surface area (Å²) in [4.78, 5) is 18.0. The SMILES string of the molecule is COc1ccc(C=NNc2nc(N3CCOCC3)nc(N3CCOCC3)n2)cc1OC. The first kappa shape index (κ1) is 21.1. The Kier molecular flexibility index (Phi) is 6.95. The molecule has 11 nitrogen and oxygen atoms in total. The first-order valence-electron chi connectivity index (χ1n) is 10.2. The highest BCUT2D eigenvalue weighted by Crippen LogP contribution is 2.27. The summed E-state index contributed by atoms with van der Waals surface area (Å²) in [7, 11) is 3.20. The Morgan fingerprint density at radius 3 is 2.00 bits per heavy atom. The number of hydrazone groups is 1. The minimum Gasteiger partial charge on any atom is -0.493 e. The molecule has 3 heterocycles. The van der Waals surface area contributed by atoms with Crippen LogP contribution >= 0.6 is 0 Å². The summed E-state index contributed by atoms with van der Waals surface area (Å²) in [5.41, 5.74) is 3.79. The highest BCUT2D eigenvalue weighted by atomic mass is 16.5. The quantitative estimate of drug-likeness (QED) is 0.506. The van der Waals surface area contributed by atoms with Gasteiger partial charge in [-0.15, -0.1) is 0 Å². The molecule has 0 unspecified atom stereocenters. The summed E-state index contributed by atoms with van der Waals surface area (Å²) in [6, 6.07) is 5.56. The van der Waals surface area contributed by atoms with Crippen molar-refractivity contribution < 1.29 is 18.9 Å². The number of hydrogen-bond acceptors (Lipinski definition) is 11. The number of nitrogens with one attached hydrogen (secondary N) is 1. The monoisotopic (exact) mass is 429 g/mol. The van der Waals surface area contributed by atoms with Gasteiger partial charge >= 0.3 is 0 Å². The van der Waals surface area contributed by atoms with Crippen LogP contribution in [0.2, 0.25) is 0 Å². The number of hydrogen-bond donors (Lipinski definition) is 1. The molecule has 11 heteroatoms.